The molecule has 1 aromatic carbocycles. The van der Waals surface area contributed by atoms with E-state index in [9.17, 15) is 13.2 Å². The van der Waals surface area contributed by atoms with Crippen molar-refractivity contribution in [3.63, 3.8) is 0 Å². The van der Waals surface area contributed by atoms with E-state index in [2.05, 4.69) is 23.5 Å². The van der Waals surface area contributed by atoms with Crippen molar-refractivity contribution in [3.05, 3.63) is 29.8 Å². The van der Waals surface area contributed by atoms with Gasteiger partial charge in [0.2, 0.25) is 10.0 Å². The van der Waals surface area contributed by atoms with Gasteiger partial charge in [0.25, 0.3) is 5.91 Å². The van der Waals surface area contributed by atoms with Crippen LogP contribution in [-0.2, 0) is 10.0 Å². The average Bonchev–Trinajstić information content (AvgIpc) is 2.59. The van der Waals surface area contributed by atoms with Gasteiger partial charge in [0.1, 0.15) is 0 Å². The standard InChI is InChI=1S/C18H29N3O3S/c1-14(2)13-19-25(23,24)17-7-5-16(6-8-17)18(22)21-11-9-20(10-12-21)15(3)4/h5-8,14-15,19H,9-13H2,1-4H3. The van der Waals surface area contributed by atoms with Crippen LogP contribution in [0.3, 0.4) is 0 Å². The minimum Gasteiger partial charge on any atom is -0.336 e. The minimum atomic E-state index is -3.52. The highest BCUT2D eigenvalue weighted by Crippen LogP contribution is 2.14. The number of carbonyl (C=O) groups is 1. The van der Waals surface area contributed by atoms with Gasteiger partial charge < -0.3 is 4.90 Å². The predicted molar refractivity (Wildman–Crippen MR) is 99.1 cm³/mol. The molecule has 1 fully saturated rings. The number of hydrogen-bond acceptors (Lipinski definition) is 4. The number of hydrogen-bond donors (Lipinski definition) is 1. The lowest BCUT2D eigenvalue weighted by molar-refractivity contribution is 0.0595. The zero-order valence-corrected chi connectivity index (χ0v) is 16.3. The summed E-state index contributed by atoms with van der Waals surface area (Å²) in [5.41, 5.74) is 0.529. The van der Waals surface area contributed by atoms with Crippen molar-refractivity contribution < 1.29 is 13.2 Å². The first-order valence-electron chi connectivity index (χ1n) is 8.83. The lowest BCUT2D eigenvalue weighted by Crippen LogP contribution is -2.50. The van der Waals surface area contributed by atoms with Crippen LogP contribution in [0.25, 0.3) is 0 Å². The summed E-state index contributed by atoms with van der Waals surface area (Å²) in [6, 6.07) is 6.68. The first-order valence-corrected chi connectivity index (χ1v) is 10.3. The van der Waals surface area contributed by atoms with Crippen LogP contribution in [-0.4, -0.2) is 62.9 Å². The topological polar surface area (TPSA) is 69.7 Å². The van der Waals surface area contributed by atoms with E-state index in [1.165, 1.54) is 12.1 Å². The Morgan fingerprint density at radius 3 is 2.08 bits per heavy atom. The molecular formula is C18H29N3O3S. The van der Waals surface area contributed by atoms with Crippen LogP contribution in [0.2, 0.25) is 0 Å². The third-order valence-electron chi connectivity index (χ3n) is 4.42. The fraction of sp³-hybridized carbons (Fsp3) is 0.611. The molecular weight excluding hydrogens is 338 g/mol. The van der Waals surface area contributed by atoms with Crippen molar-refractivity contribution in [1.82, 2.24) is 14.5 Å². The fourth-order valence-corrected chi connectivity index (χ4v) is 3.97. The maximum atomic E-state index is 12.6. The average molecular weight is 368 g/mol. The Morgan fingerprint density at radius 1 is 1.04 bits per heavy atom. The monoisotopic (exact) mass is 367 g/mol. The quantitative estimate of drug-likeness (QED) is 0.832. The second-order valence-corrected chi connectivity index (χ2v) is 8.96. The van der Waals surface area contributed by atoms with Crippen molar-refractivity contribution in [2.75, 3.05) is 32.7 Å². The van der Waals surface area contributed by atoms with Gasteiger partial charge in [-0.25, -0.2) is 13.1 Å². The smallest absolute Gasteiger partial charge is 0.253 e. The van der Waals surface area contributed by atoms with Crippen LogP contribution in [0.1, 0.15) is 38.1 Å². The molecule has 0 spiro atoms. The molecule has 1 saturated heterocycles. The maximum absolute atomic E-state index is 12.6. The van der Waals surface area contributed by atoms with E-state index in [1.807, 2.05) is 18.7 Å². The Kier molecular flexibility index (Phi) is 6.59. The number of nitrogens with zero attached hydrogens (tertiary/aromatic N) is 2. The van der Waals surface area contributed by atoms with E-state index in [4.69, 9.17) is 0 Å². The Morgan fingerprint density at radius 2 is 1.60 bits per heavy atom. The molecule has 1 amide bonds. The Labute approximate surface area is 151 Å². The molecule has 1 aromatic rings. The molecule has 1 N–H and O–H groups in total. The highest BCUT2D eigenvalue weighted by atomic mass is 32.2. The molecule has 140 valence electrons. The molecule has 6 nitrogen and oxygen atoms in total. The summed E-state index contributed by atoms with van der Waals surface area (Å²) >= 11 is 0. The summed E-state index contributed by atoms with van der Waals surface area (Å²) in [7, 11) is -3.52. The van der Waals surface area contributed by atoms with Gasteiger partial charge in [-0.05, 0) is 44.0 Å². The molecule has 1 aliphatic rings. The third-order valence-corrected chi connectivity index (χ3v) is 5.86. The molecule has 0 unspecified atom stereocenters. The van der Waals surface area contributed by atoms with Crippen molar-refractivity contribution in [3.8, 4) is 0 Å². The summed E-state index contributed by atoms with van der Waals surface area (Å²) in [5, 5.41) is 0. The SMILES string of the molecule is CC(C)CNS(=O)(=O)c1ccc(C(=O)N2CCN(C(C)C)CC2)cc1. The highest BCUT2D eigenvalue weighted by Gasteiger charge is 2.23. The molecule has 0 aliphatic carbocycles. The van der Waals surface area contributed by atoms with Gasteiger partial charge in [-0.1, -0.05) is 13.8 Å². The zero-order chi connectivity index (χ0) is 18.6. The summed E-state index contributed by atoms with van der Waals surface area (Å²) in [4.78, 5) is 17.0. The molecule has 0 bridgehead atoms. The molecule has 25 heavy (non-hydrogen) atoms. The van der Waals surface area contributed by atoms with Crippen LogP contribution >= 0.6 is 0 Å². The highest BCUT2D eigenvalue weighted by molar-refractivity contribution is 7.89. The van der Waals surface area contributed by atoms with Crippen molar-refractivity contribution in [2.45, 2.75) is 38.6 Å². The van der Waals surface area contributed by atoms with Gasteiger partial charge in [0.15, 0.2) is 0 Å². The van der Waals surface area contributed by atoms with E-state index < -0.39 is 10.0 Å². The second-order valence-electron chi connectivity index (χ2n) is 7.19. The molecule has 0 aromatic heterocycles. The molecule has 0 saturated carbocycles. The van der Waals surface area contributed by atoms with Gasteiger partial charge in [-0.2, -0.15) is 0 Å². The van der Waals surface area contributed by atoms with Crippen LogP contribution in [0.15, 0.2) is 29.2 Å². The van der Waals surface area contributed by atoms with Gasteiger partial charge >= 0.3 is 0 Å². The van der Waals surface area contributed by atoms with Crippen LogP contribution in [0, 0.1) is 5.92 Å². The third kappa shape index (κ3) is 5.26. The number of rotatable bonds is 6. The number of benzene rings is 1. The lowest BCUT2D eigenvalue weighted by Gasteiger charge is -2.37. The second kappa shape index (κ2) is 8.29. The predicted octanol–water partition coefficient (Wildman–Crippen LogP) is 1.79. The molecule has 0 atom stereocenters. The van der Waals surface area contributed by atoms with Crippen molar-refractivity contribution >= 4 is 15.9 Å². The number of carbonyl (C=O) groups excluding carboxylic acids is 1. The van der Waals surface area contributed by atoms with Crippen LogP contribution in [0.5, 0.6) is 0 Å². The van der Waals surface area contributed by atoms with Crippen molar-refractivity contribution in [2.24, 2.45) is 5.92 Å². The molecule has 2 rings (SSSR count). The van der Waals surface area contributed by atoms with Gasteiger partial charge in [-0.3, -0.25) is 9.69 Å². The van der Waals surface area contributed by atoms with E-state index in [0.717, 1.165) is 13.1 Å². The molecule has 1 heterocycles. The van der Waals surface area contributed by atoms with E-state index in [1.54, 1.807) is 12.1 Å². The number of piperazine rings is 1. The Hall–Kier alpha value is -1.44. The summed E-state index contributed by atoms with van der Waals surface area (Å²) in [6.07, 6.45) is 0. The first kappa shape index (κ1) is 19.9. The van der Waals surface area contributed by atoms with Crippen LogP contribution in [0.4, 0.5) is 0 Å². The number of amides is 1. The zero-order valence-electron chi connectivity index (χ0n) is 15.5. The summed E-state index contributed by atoms with van der Waals surface area (Å²) < 4.78 is 27.0. The van der Waals surface area contributed by atoms with Gasteiger partial charge in [0.05, 0.1) is 4.90 Å². The number of nitrogens with one attached hydrogen (secondary N) is 1. The summed E-state index contributed by atoms with van der Waals surface area (Å²) in [6.45, 7) is 11.7. The maximum Gasteiger partial charge on any atom is 0.253 e. The van der Waals surface area contributed by atoms with E-state index in [0.29, 0.717) is 31.2 Å². The van der Waals surface area contributed by atoms with Crippen molar-refractivity contribution in [1.29, 1.82) is 0 Å². The Bertz CT molecular complexity index is 676. The normalized spacial score (nSPS) is 16.6. The molecule has 1 aliphatic heterocycles. The van der Waals surface area contributed by atoms with E-state index >= 15 is 0 Å². The first-order chi connectivity index (χ1) is 11.7. The minimum absolute atomic E-state index is 0.0394. The Balaban J connectivity index is 2.01. The van der Waals surface area contributed by atoms with Gasteiger partial charge in [-0.15, -0.1) is 0 Å². The van der Waals surface area contributed by atoms with E-state index in [-0.39, 0.29) is 16.7 Å². The largest absolute Gasteiger partial charge is 0.336 e. The molecule has 7 heteroatoms. The molecule has 0 radical (unpaired) electrons. The number of sulfonamides is 1. The lowest BCUT2D eigenvalue weighted by atomic mass is 10.1. The van der Waals surface area contributed by atoms with Gasteiger partial charge in [0, 0.05) is 44.3 Å². The fourth-order valence-electron chi connectivity index (χ4n) is 2.76. The van der Waals surface area contributed by atoms with Crippen LogP contribution < -0.4 is 4.72 Å². The summed E-state index contributed by atoms with van der Waals surface area (Å²) in [5.74, 6) is 0.197.